The Bertz CT molecular complexity index is 26.3. The summed E-state index contributed by atoms with van der Waals surface area (Å²) in [6.07, 6.45) is 0. The predicted octanol–water partition coefficient (Wildman–Crippen LogP) is -2.15. The fourth-order valence-corrected chi connectivity index (χ4v) is 0. The summed E-state index contributed by atoms with van der Waals surface area (Å²) in [5.74, 6) is 0. The van der Waals surface area contributed by atoms with Crippen LogP contribution in [0.4, 0.5) is 0 Å². The molecule has 0 aliphatic carbocycles. The van der Waals surface area contributed by atoms with E-state index in [1.54, 1.807) is 0 Å². The summed E-state index contributed by atoms with van der Waals surface area (Å²) >= 11 is -2.79. The Morgan fingerprint density at radius 2 is 1.50 bits per heavy atom. The zero-order valence-electron chi connectivity index (χ0n) is 1.82. The summed E-state index contributed by atoms with van der Waals surface area (Å²) in [6.45, 7) is 0. The summed E-state index contributed by atoms with van der Waals surface area (Å²) in [5.41, 5.74) is 0. The van der Waals surface area contributed by atoms with Gasteiger partial charge in [0, 0.05) is 0 Å². The molecule has 0 aromatic rings. The minimum atomic E-state index is -2.79. The molecule has 0 saturated heterocycles. The molecule has 0 unspecified atom stereocenters. The molecule has 26 valence electrons. The maximum atomic E-state index is 8.99. The molecule has 0 radical (unpaired) electrons. The minimum absolute atomic E-state index is 2.79. The van der Waals surface area contributed by atoms with Crippen LogP contribution < -0.4 is 0 Å². The molecule has 0 aromatic heterocycles. The van der Waals surface area contributed by atoms with Crippen LogP contribution in [-0.4, -0.2) is 22.9 Å². The van der Waals surface area contributed by atoms with E-state index in [4.69, 9.17) is 12.2 Å². The normalized spacial score (nSPS) is 8.75. The maximum absolute atomic E-state index is 8.99. The summed E-state index contributed by atoms with van der Waals surface area (Å²) in [6, 6.07) is 0. The van der Waals surface area contributed by atoms with Crippen LogP contribution in [0.5, 0.6) is 0 Å². The van der Waals surface area contributed by atoms with Crippen LogP contribution >= 0.6 is 0 Å². The molecule has 0 heterocycles. The third-order valence-corrected chi connectivity index (χ3v) is 0. The van der Waals surface area contributed by atoms with E-state index in [0.29, 0.717) is 0 Å². The van der Waals surface area contributed by atoms with Crippen LogP contribution in [0.1, 0.15) is 0 Å². The Labute approximate surface area is 27.6 Å². The molecule has 0 aliphatic heterocycles. The molecule has 4 heavy (non-hydrogen) atoms. The second kappa shape index (κ2) is 1.55. The van der Waals surface area contributed by atoms with E-state index < -0.39 is 14.5 Å². The van der Waals surface area contributed by atoms with Crippen molar-refractivity contribution in [3.05, 3.63) is 0 Å². The average molecular weight is 131 g/mol. The Hall–Kier alpha value is 0.239. The first-order valence-electron chi connectivity index (χ1n) is 0.575. The Kier molecular flexibility index (Phi) is 1.64. The van der Waals surface area contributed by atoms with Crippen LogP contribution in [0.25, 0.3) is 0 Å². The molecule has 0 bridgehead atoms. The Morgan fingerprint density at radius 3 is 1.50 bits per heavy atom. The molecule has 0 saturated carbocycles. The molecule has 3 nitrogen and oxygen atoms in total. The van der Waals surface area contributed by atoms with Gasteiger partial charge in [0.1, 0.15) is 0 Å². The van der Waals surface area contributed by atoms with Gasteiger partial charge in [0.25, 0.3) is 0 Å². The molecule has 0 aliphatic rings. The standard InChI is InChI=1S/H2O3Se/c1-4(2)3/h(H2,1,2,3)/p+2. The van der Waals surface area contributed by atoms with Crippen molar-refractivity contribution >= 4 is 14.5 Å². The fourth-order valence-electron chi connectivity index (χ4n) is 0. The molecule has 4 heteroatoms. The van der Waals surface area contributed by atoms with Gasteiger partial charge < -0.3 is 0 Å². The molecule has 0 spiro atoms. The first kappa shape index (κ1) is 4.24. The van der Waals surface area contributed by atoms with Gasteiger partial charge >= 0.3 is 26.7 Å². The van der Waals surface area contributed by atoms with Gasteiger partial charge in [0.05, 0.1) is 0 Å². The zero-order chi connectivity index (χ0) is 3.58. The van der Waals surface area contributed by atoms with Gasteiger partial charge in [-0.25, -0.2) is 0 Å². The van der Waals surface area contributed by atoms with Crippen LogP contribution in [-0.2, 0) is 3.83 Å². The second-order valence-electron chi connectivity index (χ2n) is 0.269. The Balaban J connectivity index is 2.80. The van der Waals surface area contributed by atoms with Crippen molar-refractivity contribution in [2.24, 2.45) is 0 Å². The van der Waals surface area contributed by atoms with Crippen LogP contribution in [0, 0.1) is 0 Å². The quantitative estimate of drug-likeness (QED) is 0.273. The van der Waals surface area contributed by atoms with Crippen molar-refractivity contribution in [1.29, 1.82) is 0 Å². The van der Waals surface area contributed by atoms with Crippen molar-refractivity contribution in [1.82, 2.24) is 0 Å². The van der Waals surface area contributed by atoms with E-state index in [1.165, 1.54) is 0 Å². The van der Waals surface area contributed by atoms with Crippen LogP contribution in [0.15, 0.2) is 0 Å². The summed E-state index contributed by atoms with van der Waals surface area (Å²) < 4.78 is 20.6. The van der Waals surface area contributed by atoms with Gasteiger partial charge in [0.15, 0.2) is 0 Å². The van der Waals surface area contributed by atoms with Gasteiger partial charge in [-0.2, -0.15) is 0 Å². The SMILES string of the molecule is O=[Se]([OH2+])[OH2+]. The van der Waals surface area contributed by atoms with Gasteiger partial charge in [-0.05, 0) is 0 Å². The molecule has 0 rings (SSSR count). The van der Waals surface area contributed by atoms with Gasteiger partial charge in [-0.1, -0.05) is 0 Å². The van der Waals surface area contributed by atoms with E-state index in [1.807, 2.05) is 0 Å². The first-order valence-corrected chi connectivity index (χ1v) is 2.99. The van der Waals surface area contributed by atoms with Crippen molar-refractivity contribution in [3.63, 3.8) is 0 Å². The second-order valence-corrected chi connectivity index (χ2v) is 1.40. The monoisotopic (exact) mass is 132 g/mol. The van der Waals surface area contributed by atoms with Crippen LogP contribution in [0.2, 0.25) is 0 Å². The first-order chi connectivity index (χ1) is 1.73. The number of rotatable bonds is 0. The van der Waals surface area contributed by atoms with E-state index in [9.17, 15) is 0 Å². The average Bonchev–Trinajstić information content (AvgIpc) is 0.811. The van der Waals surface area contributed by atoms with E-state index in [0.717, 1.165) is 0 Å². The van der Waals surface area contributed by atoms with Gasteiger partial charge in [0.2, 0.25) is 0 Å². The molecule has 0 atom stereocenters. The number of hydrogen-bond donors (Lipinski definition) is 0. The molecule has 0 amide bonds. The summed E-state index contributed by atoms with van der Waals surface area (Å²) in [4.78, 5) is 0. The van der Waals surface area contributed by atoms with Crippen molar-refractivity contribution in [2.45, 2.75) is 0 Å². The molecule has 0 fully saturated rings. The predicted molar refractivity (Wildman–Crippen MR) is 13.7 cm³/mol. The summed E-state index contributed by atoms with van der Waals surface area (Å²) in [7, 11) is 0. The van der Waals surface area contributed by atoms with Crippen molar-refractivity contribution in [3.8, 4) is 0 Å². The van der Waals surface area contributed by atoms with E-state index >= 15 is 0 Å². The van der Waals surface area contributed by atoms with Gasteiger partial charge in [-0.3, -0.25) is 0 Å². The topological polar surface area (TPSA) is 62.9 Å². The molecular weight excluding hydrogens is 127 g/mol. The molecule has 0 aromatic carbocycles. The van der Waals surface area contributed by atoms with Crippen molar-refractivity contribution < 1.29 is 12.2 Å². The summed E-state index contributed by atoms with van der Waals surface area (Å²) in [5, 5.41) is 0. The molecule has 4 N–H and O–H groups in total. The van der Waals surface area contributed by atoms with E-state index in [-0.39, 0.29) is 0 Å². The fraction of sp³-hybridized carbons (Fsp3) is 0. The van der Waals surface area contributed by atoms with Gasteiger partial charge in [-0.15, -0.1) is 0 Å². The van der Waals surface area contributed by atoms with E-state index in [2.05, 4.69) is 0 Å². The molecular formula is H4O3Se+2. The Morgan fingerprint density at radius 1 is 1.50 bits per heavy atom. The zero-order valence-corrected chi connectivity index (χ0v) is 3.53. The third kappa shape index (κ3) is 60.0. The van der Waals surface area contributed by atoms with Crippen LogP contribution in [0.3, 0.4) is 0 Å². The third-order valence-electron chi connectivity index (χ3n) is 0. The number of hydrogen-bond acceptors (Lipinski definition) is 1. The van der Waals surface area contributed by atoms with Crippen molar-refractivity contribution in [2.75, 3.05) is 0 Å².